The van der Waals surface area contributed by atoms with Gasteiger partial charge in [-0.3, -0.25) is 9.59 Å². The van der Waals surface area contributed by atoms with Gasteiger partial charge in [0.05, 0.1) is 12.5 Å². The van der Waals surface area contributed by atoms with E-state index in [1.807, 2.05) is 0 Å². The number of carbonyl (C=O) groups excluding carboxylic acids is 2. The monoisotopic (exact) mass is 169 g/mol. The number of hydrogen-bond acceptors (Lipinski definition) is 3. The SMILES string of the molecule is C=CC1CCN(OC(C)=O)C1=O. The molecular formula is C8H11NO3. The summed E-state index contributed by atoms with van der Waals surface area (Å²) in [4.78, 5) is 26.4. The summed E-state index contributed by atoms with van der Waals surface area (Å²) in [6.07, 6.45) is 2.25. The largest absolute Gasteiger partial charge is 0.338 e. The lowest BCUT2D eigenvalue weighted by Crippen LogP contribution is -2.29. The molecule has 0 bridgehead atoms. The van der Waals surface area contributed by atoms with Crippen molar-refractivity contribution in [3.63, 3.8) is 0 Å². The smallest absolute Gasteiger partial charge is 0.329 e. The summed E-state index contributed by atoms with van der Waals surface area (Å²) in [6, 6.07) is 0. The molecule has 4 nitrogen and oxygen atoms in total. The van der Waals surface area contributed by atoms with Crippen molar-refractivity contribution in [2.24, 2.45) is 5.92 Å². The molecule has 1 heterocycles. The maximum atomic E-state index is 11.2. The number of carbonyl (C=O) groups is 2. The van der Waals surface area contributed by atoms with E-state index in [1.165, 1.54) is 6.92 Å². The van der Waals surface area contributed by atoms with Crippen molar-refractivity contribution >= 4 is 11.9 Å². The first kappa shape index (κ1) is 8.77. The third kappa shape index (κ3) is 1.64. The first-order valence-corrected chi connectivity index (χ1v) is 3.77. The molecule has 1 aliphatic rings. The number of hydroxylamine groups is 2. The topological polar surface area (TPSA) is 46.6 Å². The molecule has 1 saturated heterocycles. The van der Waals surface area contributed by atoms with Gasteiger partial charge in [-0.05, 0) is 6.42 Å². The van der Waals surface area contributed by atoms with E-state index in [0.29, 0.717) is 13.0 Å². The third-order valence-electron chi connectivity index (χ3n) is 1.73. The highest BCUT2D eigenvalue weighted by Crippen LogP contribution is 2.18. The number of rotatable bonds is 2. The van der Waals surface area contributed by atoms with Crippen molar-refractivity contribution in [3.05, 3.63) is 12.7 Å². The normalized spacial score (nSPS) is 22.6. The molecule has 0 radical (unpaired) electrons. The molecule has 12 heavy (non-hydrogen) atoms. The molecular weight excluding hydrogens is 158 g/mol. The minimum absolute atomic E-state index is 0.180. The highest BCUT2D eigenvalue weighted by atomic mass is 16.7. The van der Waals surface area contributed by atoms with E-state index < -0.39 is 5.97 Å². The van der Waals surface area contributed by atoms with Gasteiger partial charge >= 0.3 is 5.97 Å². The van der Waals surface area contributed by atoms with Gasteiger partial charge in [0.25, 0.3) is 5.91 Å². The maximum absolute atomic E-state index is 11.2. The van der Waals surface area contributed by atoms with Crippen LogP contribution in [0.15, 0.2) is 12.7 Å². The molecule has 1 rings (SSSR count). The molecule has 0 aliphatic carbocycles. The van der Waals surface area contributed by atoms with Crippen LogP contribution in [0.1, 0.15) is 13.3 Å². The summed E-state index contributed by atoms with van der Waals surface area (Å²) in [6.45, 7) is 5.26. The Hall–Kier alpha value is -1.32. The quantitative estimate of drug-likeness (QED) is 0.565. The van der Waals surface area contributed by atoms with Gasteiger partial charge in [0.15, 0.2) is 0 Å². The number of amides is 1. The van der Waals surface area contributed by atoms with Gasteiger partial charge in [-0.15, -0.1) is 6.58 Å². The second-order valence-corrected chi connectivity index (χ2v) is 2.65. The van der Waals surface area contributed by atoms with Crippen LogP contribution in [0, 0.1) is 5.92 Å². The van der Waals surface area contributed by atoms with Gasteiger partial charge in [-0.25, -0.2) is 0 Å². The van der Waals surface area contributed by atoms with Crippen molar-refractivity contribution in [2.75, 3.05) is 6.54 Å². The molecule has 66 valence electrons. The van der Waals surface area contributed by atoms with Gasteiger partial charge in [0.1, 0.15) is 0 Å². The second kappa shape index (κ2) is 3.38. The average Bonchev–Trinajstić information content (AvgIpc) is 2.32. The van der Waals surface area contributed by atoms with Crippen LogP contribution in [0.2, 0.25) is 0 Å². The zero-order valence-corrected chi connectivity index (χ0v) is 6.95. The van der Waals surface area contributed by atoms with Gasteiger partial charge in [0.2, 0.25) is 0 Å². The van der Waals surface area contributed by atoms with Gasteiger partial charge in [0, 0.05) is 6.92 Å². The fourth-order valence-corrected chi connectivity index (χ4v) is 1.14. The van der Waals surface area contributed by atoms with Gasteiger partial charge in [-0.1, -0.05) is 6.08 Å². The predicted molar refractivity (Wildman–Crippen MR) is 41.8 cm³/mol. The van der Waals surface area contributed by atoms with Crippen molar-refractivity contribution in [1.82, 2.24) is 5.06 Å². The van der Waals surface area contributed by atoms with Gasteiger partial charge in [-0.2, -0.15) is 5.06 Å². The maximum Gasteiger partial charge on any atom is 0.329 e. The Balaban J connectivity index is 2.54. The van der Waals surface area contributed by atoms with E-state index in [9.17, 15) is 9.59 Å². The Kier molecular flexibility index (Phi) is 2.47. The molecule has 1 atom stereocenters. The third-order valence-corrected chi connectivity index (χ3v) is 1.73. The summed E-state index contributed by atoms with van der Waals surface area (Å²) >= 11 is 0. The Bertz CT molecular complexity index is 224. The van der Waals surface area contributed by atoms with Crippen LogP contribution in [0.4, 0.5) is 0 Å². The van der Waals surface area contributed by atoms with Crippen LogP contribution in [-0.2, 0) is 14.4 Å². The average molecular weight is 169 g/mol. The molecule has 1 unspecified atom stereocenters. The summed E-state index contributed by atoms with van der Waals surface area (Å²) < 4.78 is 0. The minimum Gasteiger partial charge on any atom is -0.338 e. The highest BCUT2D eigenvalue weighted by Gasteiger charge is 2.31. The zero-order valence-electron chi connectivity index (χ0n) is 6.95. The lowest BCUT2D eigenvalue weighted by molar-refractivity contribution is -0.191. The Labute approximate surface area is 70.7 Å². The Morgan fingerprint density at radius 1 is 1.83 bits per heavy atom. The summed E-state index contributed by atoms with van der Waals surface area (Å²) in [5.41, 5.74) is 0. The van der Waals surface area contributed by atoms with Crippen LogP contribution in [0.3, 0.4) is 0 Å². The molecule has 0 saturated carbocycles. The molecule has 0 aromatic carbocycles. The molecule has 0 aromatic rings. The van der Waals surface area contributed by atoms with Crippen LogP contribution >= 0.6 is 0 Å². The van der Waals surface area contributed by atoms with Crippen molar-refractivity contribution in [1.29, 1.82) is 0 Å². The lowest BCUT2D eigenvalue weighted by Gasteiger charge is -2.12. The van der Waals surface area contributed by atoms with E-state index >= 15 is 0 Å². The second-order valence-electron chi connectivity index (χ2n) is 2.65. The van der Waals surface area contributed by atoms with Crippen LogP contribution in [-0.4, -0.2) is 23.5 Å². The fourth-order valence-electron chi connectivity index (χ4n) is 1.14. The predicted octanol–water partition coefficient (Wildman–Crippen LogP) is 0.499. The van der Waals surface area contributed by atoms with E-state index in [-0.39, 0.29) is 11.8 Å². The molecule has 1 fully saturated rings. The molecule has 1 amide bonds. The van der Waals surface area contributed by atoms with E-state index in [1.54, 1.807) is 6.08 Å². The van der Waals surface area contributed by atoms with E-state index in [4.69, 9.17) is 0 Å². The van der Waals surface area contributed by atoms with Gasteiger partial charge < -0.3 is 4.84 Å². The zero-order chi connectivity index (χ0) is 9.14. The highest BCUT2D eigenvalue weighted by molar-refractivity contribution is 5.82. The molecule has 4 heteroatoms. The van der Waals surface area contributed by atoms with Crippen molar-refractivity contribution in [3.8, 4) is 0 Å². The number of nitrogens with zero attached hydrogens (tertiary/aromatic N) is 1. The summed E-state index contributed by atoms with van der Waals surface area (Å²) in [5.74, 6) is -0.836. The lowest BCUT2D eigenvalue weighted by atomic mass is 10.1. The molecule has 1 aliphatic heterocycles. The van der Waals surface area contributed by atoms with Crippen LogP contribution < -0.4 is 0 Å². The summed E-state index contributed by atoms with van der Waals surface area (Å²) in [7, 11) is 0. The first-order valence-electron chi connectivity index (χ1n) is 3.77. The van der Waals surface area contributed by atoms with Crippen molar-refractivity contribution < 1.29 is 14.4 Å². The fraction of sp³-hybridized carbons (Fsp3) is 0.500. The Morgan fingerprint density at radius 3 is 2.92 bits per heavy atom. The van der Waals surface area contributed by atoms with Crippen molar-refractivity contribution in [2.45, 2.75) is 13.3 Å². The standard InChI is InChI=1S/C8H11NO3/c1-3-7-4-5-9(8(7)11)12-6(2)10/h3,7H,1,4-5H2,2H3. The summed E-state index contributed by atoms with van der Waals surface area (Å²) in [5, 5.41) is 1.09. The van der Waals surface area contributed by atoms with Crippen LogP contribution in [0.5, 0.6) is 0 Å². The molecule has 0 aromatic heterocycles. The van der Waals surface area contributed by atoms with E-state index in [0.717, 1.165) is 5.06 Å². The van der Waals surface area contributed by atoms with E-state index in [2.05, 4.69) is 11.4 Å². The Morgan fingerprint density at radius 2 is 2.50 bits per heavy atom. The molecule has 0 spiro atoms. The molecule has 0 N–H and O–H groups in total. The first-order chi connectivity index (χ1) is 5.65. The number of hydrogen-bond donors (Lipinski definition) is 0. The minimum atomic E-state index is -0.465. The van der Waals surface area contributed by atoms with Crippen LogP contribution in [0.25, 0.3) is 0 Å².